The van der Waals surface area contributed by atoms with Crippen molar-refractivity contribution in [3.05, 3.63) is 46.1 Å². The lowest BCUT2D eigenvalue weighted by Gasteiger charge is -2.36. The highest BCUT2D eigenvalue weighted by molar-refractivity contribution is 8.16. The van der Waals surface area contributed by atoms with Crippen molar-refractivity contribution in [2.45, 2.75) is 65.6 Å². The molecule has 1 aromatic carbocycles. The number of nitrogens with one attached hydrogen (secondary N) is 1. The van der Waals surface area contributed by atoms with E-state index in [-0.39, 0.29) is 24.5 Å². The van der Waals surface area contributed by atoms with Crippen LogP contribution in [-0.4, -0.2) is 48.3 Å². The van der Waals surface area contributed by atoms with Crippen LogP contribution in [0.15, 0.2) is 45.6 Å². The Hall–Kier alpha value is -2.94. The number of amides is 1. The van der Waals surface area contributed by atoms with Gasteiger partial charge in [-0.25, -0.2) is 9.79 Å². The molecule has 0 bridgehead atoms. The van der Waals surface area contributed by atoms with Crippen LogP contribution in [0.4, 0.5) is 0 Å². The average Bonchev–Trinajstić information content (AvgIpc) is 3.18. The van der Waals surface area contributed by atoms with Crippen LogP contribution >= 0.6 is 11.8 Å². The first-order chi connectivity index (χ1) is 16.2. The van der Waals surface area contributed by atoms with Gasteiger partial charge >= 0.3 is 5.97 Å². The van der Waals surface area contributed by atoms with Gasteiger partial charge in [0, 0.05) is 17.8 Å². The predicted octanol–water partition coefficient (Wildman–Crippen LogP) is 4.54. The minimum Gasteiger partial charge on any atom is -0.497 e. The average molecular weight is 488 g/mol. The lowest BCUT2D eigenvalue weighted by molar-refractivity contribution is -0.143. The Kier molecular flexibility index (Phi) is 8.30. The predicted molar refractivity (Wildman–Crippen MR) is 134 cm³/mol. The molecule has 184 valence electrons. The van der Waals surface area contributed by atoms with Gasteiger partial charge in [-0.1, -0.05) is 18.7 Å². The minimum atomic E-state index is -0.555. The molecule has 1 N–H and O–H groups in total. The number of rotatable bonds is 9. The fraction of sp³-hybridized carbons (Fsp3) is 0.480. The smallest absolute Gasteiger partial charge is 0.338 e. The molecule has 8 nitrogen and oxygen atoms in total. The van der Waals surface area contributed by atoms with Crippen molar-refractivity contribution in [1.82, 2.24) is 10.2 Å². The van der Waals surface area contributed by atoms with E-state index in [0.29, 0.717) is 27.9 Å². The van der Waals surface area contributed by atoms with E-state index in [4.69, 9.17) is 14.2 Å². The first kappa shape index (κ1) is 25.7. The van der Waals surface area contributed by atoms with Crippen molar-refractivity contribution in [2.24, 2.45) is 4.99 Å². The van der Waals surface area contributed by atoms with E-state index >= 15 is 0 Å². The minimum absolute atomic E-state index is 0.0776. The van der Waals surface area contributed by atoms with Crippen LogP contribution in [0, 0.1) is 0 Å². The lowest BCUT2D eigenvalue weighted by Crippen LogP contribution is -2.39. The van der Waals surface area contributed by atoms with Gasteiger partial charge in [0.05, 0.1) is 44.1 Å². The quantitative estimate of drug-likeness (QED) is 0.512. The van der Waals surface area contributed by atoms with Crippen molar-refractivity contribution in [3.8, 4) is 11.5 Å². The zero-order chi connectivity index (χ0) is 25.0. The number of methoxy groups -OCH3 is 2. The molecule has 2 heterocycles. The van der Waals surface area contributed by atoms with Crippen LogP contribution in [0.2, 0.25) is 0 Å². The highest BCUT2D eigenvalue weighted by Crippen LogP contribution is 2.46. The van der Waals surface area contributed by atoms with Crippen molar-refractivity contribution in [1.29, 1.82) is 0 Å². The van der Waals surface area contributed by atoms with Crippen molar-refractivity contribution >= 4 is 28.8 Å². The van der Waals surface area contributed by atoms with Crippen LogP contribution in [-0.2, 0) is 14.3 Å². The molecular formula is C25H33N3O5S. The van der Waals surface area contributed by atoms with Gasteiger partial charge in [-0.3, -0.25) is 4.79 Å². The molecule has 2 aliphatic heterocycles. The van der Waals surface area contributed by atoms with E-state index in [9.17, 15) is 9.59 Å². The zero-order valence-corrected chi connectivity index (χ0v) is 21.6. The van der Waals surface area contributed by atoms with Crippen LogP contribution in [0.5, 0.6) is 11.5 Å². The summed E-state index contributed by atoms with van der Waals surface area (Å²) in [4.78, 5) is 32.6. The van der Waals surface area contributed by atoms with Gasteiger partial charge in [0.1, 0.15) is 11.5 Å². The number of nitrogens with zero attached hydrogens (tertiary/aromatic N) is 2. The van der Waals surface area contributed by atoms with Gasteiger partial charge in [0.2, 0.25) is 5.91 Å². The van der Waals surface area contributed by atoms with E-state index in [1.807, 2.05) is 50.1 Å². The summed E-state index contributed by atoms with van der Waals surface area (Å²) >= 11 is 1.44. The fourth-order valence-electron chi connectivity index (χ4n) is 3.80. The molecule has 0 saturated carbocycles. The number of ether oxygens (including phenoxy) is 3. The second-order valence-corrected chi connectivity index (χ2v) is 9.38. The number of fused-ring (bicyclic) bond motifs is 1. The summed E-state index contributed by atoms with van der Waals surface area (Å²) in [7, 11) is 3.16. The first-order valence-corrected chi connectivity index (χ1v) is 12.2. The third-order valence-electron chi connectivity index (χ3n) is 5.61. The van der Waals surface area contributed by atoms with Crippen LogP contribution < -0.4 is 14.8 Å². The van der Waals surface area contributed by atoms with Crippen molar-refractivity contribution < 1.29 is 23.8 Å². The van der Waals surface area contributed by atoms with Gasteiger partial charge in [0.25, 0.3) is 0 Å². The Morgan fingerprint density at radius 3 is 2.35 bits per heavy atom. The Morgan fingerprint density at radius 2 is 1.79 bits per heavy atom. The number of carbonyl (C=O) groups excluding carboxylic acids is 2. The zero-order valence-electron chi connectivity index (χ0n) is 20.8. The third-order valence-corrected chi connectivity index (χ3v) is 6.50. The van der Waals surface area contributed by atoms with Crippen molar-refractivity contribution in [3.63, 3.8) is 0 Å². The number of hydrogen-bond acceptors (Lipinski definition) is 8. The summed E-state index contributed by atoms with van der Waals surface area (Å²) in [6, 6.07) is 5.03. The number of hydrogen-bond donors (Lipinski definition) is 1. The molecule has 2 atom stereocenters. The molecule has 1 aromatic rings. The summed E-state index contributed by atoms with van der Waals surface area (Å²) in [6.07, 6.45) is 0.720. The molecule has 0 saturated heterocycles. The molecule has 2 aliphatic rings. The molecule has 2 unspecified atom stereocenters. The maximum Gasteiger partial charge on any atom is 0.338 e. The molecule has 0 radical (unpaired) electrons. The summed E-state index contributed by atoms with van der Waals surface area (Å²) in [5.41, 5.74) is 2.53. The first-order valence-electron chi connectivity index (χ1n) is 11.4. The molecule has 1 amide bonds. The number of esters is 1. The summed E-state index contributed by atoms with van der Waals surface area (Å²) in [5, 5.41) is 5.64. The Labute approximate surface area is 205 Å². The molecule has 34 heavy (non-hydrogen) atoms. The van der Waals surface area contributed by atoms with Gasteiger partial charge in [-0.15, -0.1) is 0 Å². The second kappa shape index (κ2) is 11.0. The summed E-state index contributed by atoms with van der Waals surface area (Å²) < 4.78 is 16.6. The van der Waals surface area contributed by atoms with Gasteiger partial charge in [-0.05, 0) is 57.2 Å². The molecule has 3 rings (SSSR count). The standard InChI is InChI=1S/C25H33N3O5S/c1-8-15(4)26-21(29)11-18-13-34-25-27-16(5)22(24(30)33-14(2)3)23(28(18)25)17-9-19(31-6)12-20(10-17)32-7/h9-10,12-15,23H,8,11H2,1-7H3,(H,26,29). The van der Waals surface area contributed by atoms with Gasteiger partial charge in [-0.2, -0.15) is 0 Å². The summed E-state index contributed by atoms with van der Waals surface area (Å²) in [6.45, 7) is 9.43. The van der Waals surface area contributed by atoms with E-state index in [1.54, 1.807) is 27.2 Å². The van der Waals surface area contributed by atoms with E-state index in [2.05, 4.69) is 10.3 Å². The normalized spacial score (nSPS) is 18.2. The molecule has 0 aliphatic carbocycles. The summed E-state index contributed by atoms with van der Waals surface area (Å²) in [5.74, 6) is 0.670. The maximum absolute atomic E-state index is 13.3. The topological polar surface area (TPSA) is 89.5 Å². The van der Waals surface area contributed by atoms with E-state index < -0.39 is 12.0 Å². The monoisotopic (exact) mass is 487 g/mol. The number of benzene rings is 1. The highest BCUT2D eigenvalue weighted by Gasteiger charge is 2.41. The third kappa shape index (κ3) is 5.58. The van der Waals surface area contributed by atoms with Gasteiger partial charge in [0.15, 0.2) is 5.17 Å². The lowest BCUT2D eigenvalue weighted by atomic mass is 9.93. The number of aliphatic imine (C=N–C) groups is 1. The number of allylic oxidation sites excluding steroid dienone is 1. The van der Waals surface area contributed by atoms with Crippen molar-refractivity contribution in [2.75, 3.05) is 14.2 Å². The number of carbonyl (C=O) groups is 2. The second-order valence-electron chi connectivity index (χ2n) is 8.55. The molecule has 0 fully saturated rings. The molecule has 0 aromatic heterocycles. The molecular weight excluding hydrogens is 454 g/mol. The SMILES string of the molecule is CCC(C)NC(=O)CC1=CSC2=NC(C)=C(C(=O)OC(C)C)C(c3cc(OC)cc(OC)c3)N12. The molecule has 0 spiro atoms. The van der Waals surface area contributed by atoms with Gasteiger partial charge < -0.3 is 24.4 Å². The highest BCUT2D eigenvalue weighted by atomic mass is 32.2. The number of amidine groups is 1. The van der Waals surface area contributed by atoms with Crippen LogP contribution in [0.1, 0.15) is 59.1 Å². The Bertz CT molecular complexity index is 1020. The Balaban J connectivity index is 2.09. The largest absolute Gasteiger partial charge is 0.497 e. The maximum atomic E-state index is 13.3. The van der Waals surface area contributed by atoms with Crippen LogP contribution in [0.25, 0.3) is 0 Å². The Morgan fingerprint density at radius 1 is 1.15 bits per heavy atom. The van der Waals surface area contributed by atoms with Crippen LogP contribution in [0.3, 0.4) is 0 Å². The number of thioether (sulfide) groups is 1. The van der Waals surface area contributed by atoms with E-state index in [1.165, 1.54) is 11.8 Å². The fourth-order valence-corrected chi connectivity index (χ4v) is 4.77. The van der Waals surface area contributed by atoms with E-state index in [0.717, 1.165) is 17.7 Å². The molecule has 9 heteroatoms.